The summed E-state index contributed by atoms with van der Waals surface area (Å²) in [6.07, 6.45) is 2.85. The number of hydrogen-bond donors (Lipinski definition) is 1. The number of carbonyl (C=O) groups excluding carboxylic acids is 1. The number of fused-ring (bicyclic) bond motifs is 3. The van der Waals surface area contributed by atoms with E-state index >= 15 is 0 Å². The fourth-order valence-corrected chi connectivity index (χ4v) is 4.88. The first-order chi connectivity index (χ1) is 17.3. The molecule has 1 N–H and O–H groups in total. The van der Waals surface area contributed by atoms with Crippen molar-refractivity contribution in [3.63, 3.8) is 0 Å². The third-order valence-electron chi connectivity index (χ3n) is 7.11. The van der Waals surface area contributed by atoms with Crippen molar-refractivity contribution >= 4 is 11.6 Å². The number of ether oxygens (including phenoxy) is 2. The Morgan fingerprint density at radius 1 is 1.31 bits per heavy atom. The van der Waals surface area contributed by atoms with E-state index in [0.717, 1.165) is 30.2 Å². The number of carbonyl (C=O) groups is 1. The standard InChI is InChI=1S/C26H40N6O4/c1-19-13-32(20(2)17-33)26(34)6-5-9-31-15-22(27-28-31)18-36-25(19)16-29(3)14-21-7-8-23-24(12-21)35-11-10-30(23)4/h7-8,12,15,19-20,25,33H,5-6,9-11,13-14,16-18H2,1-4H3/t19-,20+,25-/m0/s1. The molecule has 0 saturated carbocycles. The van der Waals surface area contributed by atoms with E-state index < -0.39 is 0 Å². The number of nitrogens with zero attached hydrogens (tertiary/aromatic N) is 6. The van der Waals surface area contributed by atoms with Gasteiger partial charge in [0.25, 0.3) is 0 Å². The van der Waals surface area contributed by atoms with Crippen LogP contribution in [0.2, 0.25) is 0 Å². The van der Waals surface area contributed by atoms with Crippen molar-refractivity contribution in [1.82, 2.24) is 24.8 Å². The second-order valence-corrected chi connectivity index (χ2v) is 10.2. The molecule has 3 atom stereocenters. The van der Waals surface area contributed by atoms with E-state index in [4.69, 9.17) is 9.47 Å². The smallest absolute Gasteiger partial charge is 0.222 e. The topological polar surface area (TPSA) is 96.2 Å². The highest BCUT2D eigenvalue weighted by Crippen LogP contribution is 2.31. The van der Waals surface area contributed by atoms with E-state index in [0.29, 0.717) is 45.7 Å². The first-order valence-corrected chi connectivity index (χ1v) is 12.9. The van der Waals surface area contributed by atoms with Gasteiger partial charge in [0, 0.05) is 45.6 Å². The summed E-state index contributed by atoms with van der Waals surface area (Å²) in [6.45, 7) is 8.49. The van der Waals surface area contributed by atoms with Crippen molar-refractivity contribution in [2.45, 2.75) is 58.5 Å². The molecule has 2 bridgehead atoms. The van der Waals surface area contributed by atoms with Crippen LogP contribution in [0.5, 0.6) is 5.75 Å². The van der Waals surface area contributed by atoms with Crippen molar-refractivity contribution in [3.05, 3.63) is 35.7 Å². The molecule has 2 aliphatic rings. The summed E-state index contributed by atoms with van der Waals surface area (Å²) < 4.78 is 14.0. The molecule has 1 aromatic carbocycles. The molecule has 0 aliphatic carbocycles. The lowest BCUT2D eigenvalue weighted by atomic mass is 10.0. The summed E-state index contributed by atoms with van der Waals surface area (Å²) >= 11 is 0. The predicted octanol–water partition coefficient (Wildman–Crippen LogP) is 1.76. The van der Waals surface area contributed by atoms with E-state index in [1.807, 2.05) is 18.0 Å². The molecule has 1 amide bonds. The van der Waals surface area contributed by atoms with E-state index in [2.05, 4.69) is 59.3 Å². The Morgan fingerprint density at radius 3 is 2.94 bits per heavy atom. The van der Waals surface area contributed by atoms with Crippen LogP contribution in [0.4, 0.5) is 5.69 Å². The van der Waals surface area contributed by atoms with Gasteiger partial charge in [-0.3, -0.25) is 14.4 Å². The maximum absolute atomic E-state index is 13.0. The lowest BCUT2D eigenvalue weighted by Crippen LogP contribution is -2.47. The second-order valence-electron chi connectivity index (χ2n) is 10.2. The Bertz CT molecular complexity index is 1010. The number of likely N-dealkylation sites (N-methyl/N-ethyl adjacent to an activating group) is 2. The molecule has 0 unspecified atom stereocenters. The fourth-order valence-electron chi connectivity index (χ4n) is 4.88. The molecule has 0 fully saturated rings. The van der Waals surface area contributed by atoms with E-state index in [9.17, 15) is 9.90 Å². The van der Waals surface area contributed by atoms with Gasteiger partial charge >= 0.3 is 0 Å². The van der Waals surface area contributed by atoms with Gasteiger partial charge in [-0.05, 0) is 38.1 Å². The van der Waals surface area contributed by atoms with Crippen LogP contribution < -0.4 is 9.64 Å². The minimum absolute atomic E-state index is 0.0501. The van der Waals surface area contributed by atoms with Gasteiger partial charge in [-0.25, -0.2) is 0 Å². The van der Waals surface area contributed by atoms with Gasteiger partial charge in [0.2, 0.25) is 5.91 Å². The third kappa shape index (κ3) is 6.54. The molecular weight excluding hydrogens is 460 g/mol. The van der Waals surface area contributed by atoms with Crippen LogP contribution in [0.1, 0.15) is 37.9 Å². The number of benzene rings is 1. The van der Waals surface area contributed by atoms with Crippen molar-refractivity contribution in [1.29, 1.82) is 0 Å². The van der Waals surface area contributed by atoms with E-state index in [1.54, 1.807) is 4.68 Å². The van der Waals surface area contributed by atoms with Crippen LogP contribution in [0.15, 0.2) is 24.4 Å². The van der Waals surface area contributed by atoms with Crippen LogP contribution >= 0.6 is 0 Å². The largest absolute Gasteiger partial charge is 0.490 e. The van der Waals surface area contributed by atoms with Gasteiger partial charge in [-0.1, -0.05) is 18.2 Å². The Labute approximate surface area is 213 Å². The molecule has 36 heavy (non-hydrogen) atoms. The molecule has 0 spiro atoms. The van der Waals surface area contributed by atoms with Crippen LogP contribution in [0, 0.1) is 5.92 Å². The van der Waals surface area contributed by atoms with Crippen LogP contribution in [-0.2, 0) is 29.2 Å². The number of aliphatic hydroxyl groups excluding tert-OH is 1. The van der Waals surface area contributed by atoms with Gasteiger partial charge in [0.15, 0.2) is 0 Å². The summed E-state index contributed by atoms with van der Waals surface area (Å²) in [5.41, 5.74) is 3.09. The molecule has 198 valence electrons. The Balaban J connectivity index is 1.48. The zero-order valence-electron chi connectivity index (χ0n) is 22.0. The SMILES string of the molecule is C[C@H](CO)N1C[C@H](C)[C@H](CN(C)Cc2ccc3c(c2)OCCN3C)OCc2cn(nn2)CCCC1=O. The molecule has 10 heteroatoms. The first kappa shape index (κ1) is 26.4. The van der Waals surface area contributed by atoms with Gasteiger partial charge in [0.1, 0.15) is 18.1 Å². The highest BCUT2D eigenvalue weighted by Gasteiger charge is 2.28. The number of anilines is 1. The van der Waals surface area contributed by atoms with Gasteiger partial charge in [-0.2, -0.15) is 0 Å². The zero-order valence-corrected chi connectivity index (χ0v) is 22.0. The molecule has 2 aliphatic heterocycles. The van der Waals surface area contributed by atoms with Crippen molar-refractivity contribution in [2.75, 3.05) is 51.8 Å². The van der Waals surface area contributed by atoms with Crippen LogP contribution in [0.3, 0.4) is 0 Å². The number of amides is 1. The first-order valence-electron chi connectivity index (χ1n) is 12.9. The van der Waals surface area contributed by atoms with E-state index in [1.165, 1.54) is 5.56 Å². The Kier molecular flexibility index (Phi) is 8.81. The predicted molar refractivity (Wildman–Crippen MR) is 137 cm³/mol. The molecule has 0 saturated heterocycles. The number of aromatic nitrogens is 3. The van der Waals surface area contributed by atoms with Crippen LogP contribution in [0.25, 0.3) is 0 Å². The van der Waals surface area contributed by atoms with Crippen molar-refractivity contribution < 1.29 is 19.4 Å². The average molecular weight is 501 g/mol. The lowest BCUT2D eigenvalue weighted by molar-refractivity contribution is -0.136. The zero-order chi connectivity index (χ0) is 25.7. The number of hydrogen-bond acceptors (Lipinski definition) is 8. The highest BCUT2D eigenvalue weighted by atomic mass is 16.5. The van der Waals surface area contributed by atoms with Gasteiger partial charge in [0.05, 0.1) is 43.8 Å². The number of aryl methyl sites for hydroxylation is 1. The normalized spacial score (nSPS) is 22.3. The third-order valence-corrected chi connectivity index (χ3v) is 7.11. The molecule has 2 aromatic rings. The summed E-state index contributed by atoms with van der Waals surface area (Å²) in [5.74, 6) is 1.03. The summed E-state index contributed by atoms with van der Waals surface area (Å²) in [7, 11) is 4.17. The fraction of sp³-hybridized carbons (Fsp3) is 0.654. The molecule has 1 aromatic heterocycles. The maximum Gasteiger partial charge on any atom is 0.222 e. The number of rotatable bonds is 6. The van der Waals surface area contributed by atoms with Crippen LogP contribution in [-0.4, -0.2) is 94.9 Å². The molecule has 3 heterocycles. The lowest BCUT2D eigenvalue weighted by Gasteiger charge is -2.35. The van der Waals surface area contributed by atoms with E-state index in [-0.39, 0.29) is 30.6 Å². The molecule has 10 nitrogen and oxygen atoms in total. The van der Waals surface area contributed by atoms with Gasteiger partial charge in [-0.15, -0.1) is 5.10 Å². The minimum atomic E-state index is -0.241. The minimum Gasteiger partial charge on any atom is -0.490 e. The Hall–Kier alpha value is -2.69. The molecule has 4 rings (SSSR count). The van der Waals surface area contributed by atoms with Gasteiger partial charge < -0.3 is 24.4 Å². The highest BCUT2D eigenvalue weighted by molar-refractivity contribution is 5.76. The average Bonchev–Trinajstić information content (AvgIpc) is 3.31. The summed E-state index contributed by atoms with van der Waals surface area (Å²) in [5, 5.41) is 18.2. The monoisotopic (exact) mass is 500 g/mol. The van der Waals surface area contributed by atoms with Crippen molar-refractivity contribution in [2.24, 2.45) is 5.92 Å². The number of aliphatic hydroxyl groups is 1. The maximum atomic E-state index is 13.0. The Morgan fingerprint density at radius 2 is 2.14 bits per heavy atom. The molecule has 0 radical (unpaired) electrons. The second kappa shape index (κ2) is 12.0. The quantitative estimate of drug-likeness (QED) is 0.641. The summed E-state index contributed by atoms with van der Waals surface area (Å²) in [4.78, 5) is 19.3. The van der Waals surface area contributed by atoms with Crippen molar-refractivity contribution in [3.8, 4) is 5.75 Å². The summed E-state index contributed by atoms with van der Waals surface area (Å²) in [6, 6.07) is 6.16. The molecular formula is C26H40N6O4.